The van der Waals surface area contributed by atoms with Crippen molar-refractivity contribution in [2.75, 3.05) is 6.61 Å². The molecule has 28 heavy (non-hydrogen) atoms. The number of hydrogen-bond acceptors (Lipinski definition) is 4. The minimum atomic E-state index is -1.20. The van der Waals surface area contributed by atoms with Crippen molar-refractivity contribution < 1.29 is 32.6 Å². The molecule has 0 aliphatic carbocycles. The summed E-state index contributed by atoms with van der Waals surface area (Å²) in [5.41, 5.74) is 0.317. The first kappa shape index (κ1) is 19.5. The molecule has 0 unspecified atom stereocenters. The van der Waals surface area contributed by atoms with E-state index >= 15 is 0 Å². The van der Waals surface area contributed by atoms with Gasteiger partial charge < -0.3 is 9.84 Å². The van der Waals surface area contributed by atoms with E-state index in [-0.39, 0.29) is 40.8 Å². The number of phenols is 1. The highest BCUT2D eigenvalue weighted by Gasteiger charge is 2.25. The minimum Gasteiger partial charge on any atom is -0.505 e. The second-order valence-electron chi connectivity index (χ2n) is 6.11. The number of carbonyl (C=O) groups is 2. The summed E-state index contributed by atoms with van der Waals surface area (Å²) in [5.74, 6) is -5.30. The molecule has 0 aliphatic heterocycles. The van der Waals surface area contributed by atoms with E-state index in [2.05, 4.69) is 0 Å². The van der Waals surface area contributed by atoms with Crippen LogP contribution in [0.4, 0.5) is 13.2 Å². The Hall–Kier alpha value is -3.29. The van der Waals surface area contributed by atoms with Crippen LogP contribution in [0.3, 0.4) is 0 Å². The van der Waals surface area contributed by atoms with Crippen LogP contribution in [0.2, 0.25) is 0 Å². The summed E-state index contributed by atoms with van der Waals surface area (Å²) in [6, 6.07) is 5.04. The number of aromatic nitrogens is 1. The largest absolute Gasteiger partial charge is 0.505 e. The molecular weight excluding hydrogens is 375 g/mol. The minimum absolute atomic E-state index is 0.0850. The van der Waals surface area contributed by atoms with Crippen molar-refractivity contribution in [3.63, 3.8) is 0 Å². The highest BCUT2D eigenvalue weighted by Crippen LogP contribution is 2.33. The fourth-order valence-electron chi connectivity index (χ4n) is 3.12. The van der Waals surface area contributed by atoms with E-state index in [1.165, 1.54) is 13.0 Å². The van der Waals surface area contributed by atoms with Crippen LogP contribution in [0.5, 0.6) is 5.75 Å². The number of aromatic hydroxyl groups is 1. The number of hydrogen-bond donors (Lipinski definition) is 1. The number of rotatable bonds is 4. The SMILES string of the molecule is CCOC(=O)Cc1c(C)n(C(=O)c2ccc(F)c(F)c2)c2ccc(O)c(F)c12. The lowest BCUT2D eigenvalue weighted by Gasteiger charge is -2.08. The summed E-state index contributed by atoms with van der Waals surface area (Å²) in [4.78, 5) is 24.9. The van der Waals surface area contributed by atoms with Gasteiger partial charge in [-0.15, -0.1) is 0 Å². The number of ether oxygens (including phenoxy) is 1. The van der Waals surface area contributed by atoms with Gasteiger partial charge in [0.1, 0.15) is 0 Å². The molecular formula is C20H16F3NO4. The maximum atomic E-state index is 14.6. The Morgan fingerprint density at radius 3 is 2.46 bits per heavy atom. The number of fused-ring (bicyclic) bond motifs is 1. The molecule has 3 rings (SSSR count). The van der Waals surface area contributed by atoms with Gasteiger partial charge in [-0.2, -0.15) is 0 Å². The third-order valence-corrected chi connectivity index (χ3v) is 4.41. The van der Waals surface area contributed by atoms with Crippen molar-refractivity contribution in [1.82, 2.24) is 4.57 Å². The van der Waals surface area contributed by atoms with Crippen molar-refractivity contribution in [3.8, 4) is 5.75 Å². The molecule has 0 fully saturated rings. The molecule has 8 heteroatoms. The first-order chi connectivity index (χ1) is 13.3. The molecule has 0 amide bonds. The summed E-state index contributed by atoms with van der Waals surface area (Å²) < 4.78 is 47.4. The number of esters is 1. The number of carbonyl (C=O) groups excluding carboxylic acids is 2. The van der Waals surface area contributed by atoms with Crippen molar-refractivity contribution in [2.45, 2.75) is 20.3 Å². The quantitative estimate of drug-likeness (QED) is 0.686. The second kappa shape index (κ2) is 7.38. The van der Waals surface area contributed by atoms with E-state index in [4.69, 9.17) is 4.74 Å². The Morgan fingerprint density at radius 2 is 1.82 bits per heavy atom. The first-order valence-corrected chi connectivity index (χ1v) is 8.43. The van der Waals surface area contributed by atoms with Gasteiger partial charge in [0.25, 0.3) is 5.91 Å². The molecule has 0 saturated heterocycles. The third kappa shape index (κ3) is 3.21. The summed E-state index contributed by atoms with van der Waals surface area (Å²) in [5, 5.41) is 9.62. The van der Waals surface area contributed by atoms with Crippen LogP contribution in [-0.2, 0) is 16.0 Å². The van der Waals surface area contributed by atoms with Crippen molar-refractivity contribution in [3.05, 3.63) is 64.6 Å². The molecule has 1 aromatic heterocycles. The average molecular weight is 391 g/mol. The van der Waals surface area contributed by atoms with Gasteiger partial charge >= 0.3 is 5.97 Å². The van der Waals surface area contributed by atoms with Crippen molar-refractivity contribution >= 4 is 22.8 Å². The van der Waals surface area contributed by atoms with Crippen LogP contribution in [-0.4, -0.2) is 28.2 Å². The average Bonchev–Trinajstić information content (AvgIpc) is 2.92. The second-order valence-corrected chi connectivity index (χ2v) is 6.11. The van der Waals surface area contributed by atoms with Gasteiger partial charge in [-0.1, -0.05) is 0 Å². The Balaban J connectivity index is 2.24. The van der Waals surface area contributed by atoms with Gasteiger partial charge in [0.05, 0.1) is 18.5 Å². The van der Waals surface area contributed by atoms with Crippen LogP contribution in [0, 0.1) is 24.4 Å². The predicted octanol–water partition coefficient (Wildman–Crippen LogP) is 3.87. The van der Waals surface area contributed by atoms with Crippen LogP contribution in [0.1, 0.15) is 28.5 Å². The topological polar surface area (TPSA) is 68.5 Å². The molecule has 0 radical (unpaired) electrons. The monoisotopic (exact) mass is 391 g/mol. The van der Waals surface area contributed by atoms with Crippen LogP contribution in [0.25, 0.3) is 10.9 Å². The zero-order valence-electron chi connectivity index (χ0n) is 15.1. The van der Waals surface area contributed by atoms with Gasteiger partial charge in [-0.25, -0.2) is 13.2 Å². The lowest BCUT2D eigenvalue weighted by atomic mass is 10.1. The molecule has 1 heterocycles. The van der Waals surface area contributed by atoms with E-state index in [1.807, 2.05) is 0 Å². The molecule has 0 atom stereocenters. The molecule has 0 bridgehead atoms. The highest BCUT2D eigenvalue weighted by atomic mass is 19.2. The Kier molecular flexibility index (Phi) is 5.13. The third-order valence-electron chi connectivity index (χ3n) is 4.41. The van der Waals surface area contributed by atoms with E-state index in [9.17, 15) is 27.9 Å². The number of halogens is 3. The standard InChI is InChI=1S/C20H16F3NO4/c1-3-28-17(26)9-12-10(2)24(15-6-7-16(25)19(23)18(12)15)20(27)11-4-5-13(21)14(22)8-11/h4-8,25H,3,9H2,1-2H3. The van der Waals surface area contributed by atoms with Crippen molar-refractivity contribution in [2.24, 2.45) is 0 Å². The fraction of sp³-hybridized carbons (Fsp3) is 0.200. The fourth-order valence-corrected chi connectivity index (χ4v) is 3.12. The zero-order valence-corrected chi connectivity index (χ0v) is 15.1. The van der Waals surface area contributed by atoms with Gasteiger partial charge in [0, 0.05) is 16.6 Å². The lowest BCUT2D eigenvalue weighted by molar-refractivity contribution is -0.142. The summed E-state index contributed by atoms with van der Waals surface area (Å²) in [6.07, 6.45) is -0.325. The smallest absolute Gasteiger partial charge is 0.310 e. The predicted molar refractivity (Wildman–Crippen MR) is 94.7 cm³/mol. The Morgan fingerprint density at radius 1 is 1.11 bits per heavy atom. The van der Waals surface area contributed by atoms with Crippen LogP contribution >= 0.6 is 0 Å². The number of benzene rings is 2. The summed E-state index contributed by atoms with van der Waals surface area (Å²) in [7, 11) is 0. The van der Waals surface area contributed by atoms with Gasteiger partial charge in [-0.05, 0) is 49.7 Å². The maximum Gasteiger partial charge on any atom is 0.310 e. The molecule has 0 aliphatic rings. The molecule has 3 aromatic rings. The van der Waals surface area contributed by atoms with Crippen LogP contribution < -0.4 is 0 Å². The normalized spacial score (nSPS) is 11.0. The molecule has 2 aromatic carbocycles. The molecule has 5 nitrogen and oxygen atoms in total. The van der Waals surface area contributed by atoms with E-state index in [1.54, 1.807) is 6.92 Å². The van der Waals surface area contributed by atoms with Gasteiger partial charge in [0.15, 0.2) is 23.2 Å². The van der Waals surface area contributed by atoms with Crippen molar-refractivity contribution in [1.29, 1.82) is 0 Å². The van der Waals surface area contributed by atoms with Crippen LogP contribution in [0.15, 0.2) is 30.3 Å². The lowest BCUT2D eigenvalue weighted by Crippen LogP contribution is -2.15. The van der Waals surface area contributed by atoms with E-state index in [0.29, 0.717) is 0 Å². The van der Waals surface area contributed by atoms with Gasteiger partial charge in [0.2, 0.25) is 0 Å². The summed E-state index contributed by atoms with van der Waals surface area (Å²) in [6.45, 7) is 3.23. The molecule has 1 N–H and O–H groups in total. The number of nitrogens with zero attached hydrogens (tertiary/aromatic N) is 1. The van der Waals surface area contributed by atoms with E-state index in [0.717, 1.165) is 28.8 Å². The Labute approximate surface area is 158 Å². The molecule has 146 valence electrons. The zero-order chi connectivity index (χ0) is 20.6. The van der Waals surface area contributed by atoms with Gasteiger partial charge in [-0.3, -0.25) is 14.2 Å². The summed E-state index contributed by atoms with van der Waals surface area (Å²) >= 11 is 0. The molecule has 0 saturated carbocycles. The number of phenolic OH excluding ortho intramolecular Hbond substituents is 1. The van der Waals surface area contributed by atoms with E-state index < -0.39 is 35.1 Å². The Bertz CT molecular complexity index is 1100. The molecule has 0 spiro atoms. The first-order valence-electron chi connectivity index (χ1n) is 8.43. The highest BCUT2D eigenvalue weighted by molar-refractivity contribution is 6.05. The maximum absolute atomic E-state index is 14.6.